The van der Waals surface area contributed by atoms with E-state index in [0.717, 1.165) is 5.56 Å². The van der Waals surface area contributed by atoms with Crippen molar-refractivity contribution in [3.63, 3.8) is 0 Å². The number of nitrogen functional groups attached to an aromatic ring is 1. The van der Waals surface area contributed by atoms with Crippen molar-refractivity contribution in [3.05, 3.63) is 52.1 Å². The zero-order valence-electron chi connectivity index (χ0n) is 10.6. The molecule has 6 nitrogen and oxygen atoms in total. The van der Waals surface area contributed by atoms with Crippen LogP contribution in [0.4, 0.5) is 5.82 Å². The zero-order chi connectivity index (χ0) is 14.6. The predicted molar refractivity (Wildman–Crippen MR) is 80.4 cm³/mol. The standard InChI is InChI=1S/C14H9ClN4O2/c15-8-2-1-5-19-12(16)11(18-13(8)19)7-3-4-9-10(6-7)21-14(20)17-9/h1-6H,16H2,(H,17,20). The Morgan fingerprint density at radius 2 is 2.19 bits per heavy atom. The summed E-state index contributed by atoms with van der Waals surface area (Å²) >= 11 is 6.12. The summed E-state index contributed by atoms with van der Waals surface area (Å²) in [5.41, 5.74) is 9.15. The van der Waals surface area contributed by atoms with Crippen molar-refractivity contribution in [3.8, 4) is 11.3 Å². The summed E-state index contributed by atoms with van der Waals surface area (Å²) in [4.78, 5) is 18.3. The van der Waals surface area contributed by atoms with E-state index < -0.39 is 5.76 Å². The van der Waals surface area contributed by atoms with Crippen LogP contribution in [0, 0.1) is 0 Å². The number of hydrogen-bond acceptors (Lipinski definition) is 4. The van der Waals surface area contributed by atoms with E-state index in [1.807, 2.05) is 6.07 Å². The van der Waals surface area contributed by atoms with E-state index in [0.29, 0.717) is 33.3 Å². The van der Waals surface area contributed by atoms with E-state index in [1.54, 1.807) is 34.9 Å². The number of halogens is 1. The van der Waals surface area contributed by atoms with Crippen LogP contribution < -0.4 is 11.5 Å². The summed E-state index contributed by atoms with van der Waals surface area (Å²) in [6, 6.07) is 8.84. The number of benzene rings is 1. The molecule has 0 amide bonds. The van der Waals surface area contributed by atoms with Gasteiger partial charge in [0.2, 0.25) is 0 Å². The number of anilines is 1. The molecule has 1 aromatic carbocycles. The number of H-pyrrole nitrogens is 1. The first kappa shape index (κ1) is 12.0. The fourth-order valence-electron chi connectivity index (χ4n) is 2.36. The molecule has 3 aromatic heterocycles. The van der Waals surface area contributed by atoms with Crippen LogP contribution in [0.25, 0.3) is 28.0 Å². The molecule has 3 heterocycles. The minimum Gasteiger partial charge on any atom is -0.408 e. The molecule has 0 spiro atoms. The molecule has 4 aromatic rings. The molecule has 0 unspecified atom stereocenters. The fraction of sp³-hybridized carbons (Fsp3) is 0. The van der Waals surface area contributed by atoms with E-state index in [4.69, 9.17) is 21.8 Å². The lowest BCUT2D eigenvalue weighted by molar-refractivity contribution is 0.555. The van der Waals surface area contributed by atoms with Gasteiger partial charge in [0.1, 0.15) is 11.5 Å². The summed E-state index contributed by atoms with van der Waals surface area (Å²) in [6.45, 7) is 0. The molecule has 0 aliphatic heterocycles. The van der Waals surface area contributed by atoms with Gasteiger partial charge in [0, 0.05) is 11.8 Å². The van der Waals surface area contributed by atoms with E-state index in [2.05, 4.69) is 9.97 Å². The van der Waals surface area contributed by atoms with Crippen LogP contribution >= 0.6 is 11.6 Å². The maximum Gasteiger partial charge on any atom is 0.417 e. The topological polar surface area (TPSA) is 89.3 Å². The van der Waals surface area contributed by atoms with Crippen LogP contribution in [-0.4, -0.2) is 14.4 Å². The molecule has 0 saturated heterocycles. The minimum absolute atomic E-state index is 0.458. The number of fused-ring (bicyclic) bond motifs is 2. The average molecular weight is 301 g/mol. The number of imidazole rings is 1. The molecule has 104 valence electrons. The van der Waals surface area contributed by atoms with Crippen LogP contribution in [0.3, 0.4) is 0 Å². The monoisotopic (exact) mass is 300 g/mol. The highest BCUT2D eigenvalue weighted by Crippen LogP contribution is 2.30. The molecule has 7 heteroatoms. The van der Waals surface area contributed by atoms with Crippen molar-refractivity contribution in [2.75, 3.05) is 5.73 Å². The zero-order valence-corrected chi connectivity index (χ0v) is 11.4. The number of pyridine rings is 1. The van der Waals surface area contributed by atoms with Gasteiger partial charge in [-0.25, -0.2) is 9.78 Å². The van der Waals surface area contributed by atoms with Gasteiger partial charge < -0.3 is 10.2 Å². The Morgan fingerprint density at radius 3 is 3.00 bits per heavy atom. The van der Waals surface area contributed by atoms with E-state index in [9.17, 15) is 4.79 Å². The van der Waals surface area contributed by atoms with E-state index in [-0.39, 0.29) is 0 Å². The molecular formula is C14H9ClN4O2. The van der Waals surface area contributed by atoms with Crippen molar-refractivity contribution in [1.82, 2.24) is 14.4 Å². The molecule has 0 aliphatic carbocycles. The molecular weight excluding hydrogens is 292 g/mol. The third-order valence-corrected chi connectivity index (χ3v) is 3.63. The summed E-state index contributed by atoms with van der Waals surface area (Å²) in [5, 5.41) is 0.518. The number of aromatic amines is 1. The highest BCUT2D eigenvalue weighted by atomic mass is 35.5. The molecule has 0 atom stereocenters. The van der Waals surface area contributed by atoms with Gasteiger partial charge in [-0.05, 0) is 24.3 Å². The van der Waals surface area contributed by atoms with Crippen molar-refractivity contribution in [1.29, 1.82) is 0 Å². The number of hydrogen-bond donors (Lipinski definition) is 2. The largest absolute Gasteiger partial charge is 0.417 e. The maximum absolute atomic E-state index is 11.2. The van der Waals surface area contributed by atoms with Crippen molar-refractivity contribution in [2.24, 2.45) is 0 Å². The first-order valence-corrected chi connectivity index (χ1v) is 6.56. The molecule has 3 N–H and O–H groups in total. The second-order valence-electron chi connectivity index (χ2n) is 4.62. The van der Waals surface area contributed by atoms with Gasteiger partial charge in [-0.2, -0.15) is 0 Å². The second-order valence-corrected chi connectivity index (χ2v) is 5.03. The Hall–Kier alpha value is -2.73. The Morgan fingerprint density at radius 1 is 1.33 bits per heavy atom. The van der Waals surface area contributed by atoms with E-state index in [1.165, 1.54) is 0 Å². The van der Waals surface area contributed by atoms with Crippen LogP contribution in [0.15, 0.2) is 45.7 Å². The number of nitrogens with two attached hydrogens (primary N) is 1. The number of oxazole rings is 1. The van der Waals surface area contributed by atoms with Gasteiger partial charge in [-0.1, -0.05) is 17.7 Å². The van der Waals surface area contributed by atoms with Gasteiger partial charge in [0.05, 0.1) is 10.5 Å². The van der Waals surface area contributed by atoms with Crippen molar-refractivity contribution < 1.29 is 4.42 Å². The van der Waals surface area contributed by atoms with Crippen molar-refractivity contribution in [2.45, 2.75) is 0 Å². The Kier molecular flexibility index (Phi) is 2.37. The molecule has 0 radical (unpaired) electrons. The van der Waals surface area contributed by atoms with Crippen molar-refractivity contribution >= 4 is 34.2 Å². The normalized spacial score (nSPS) is 11.5. The summed E-state index contributed by atoms with van der Waals surface area (Å²) in [5.74, 6) is -0.0158. The number of rotatable bonds is 1. The van der Waals surface area contributed by atoms with Crippen LogP contribution in [-0.2, 0) is 0 Å². The molecule has 0 saturated carbocycles. The minimum atomic E-state index is -0.492. The molecule has 4 rings (SSSR count). The fourth-order valence-corrected chi connectivity index (χ4v) is 2.56. The first-order valence-electron chi connectivity index (χ1n) is 6.19. The predicted octanol–water partition coefficient (Wildman–Crippen LogP) is 2.67. The highest BCUT2D eigenvalue weighted by Gasteiger charge is 2.14. The third-order valence-electron chi connectivity index (χ3n) is 3.33. The molecule has 0 fully saturated rings. The highest BCUT2D eigenvalue weighted by molar-refractivity contribution is 6.33. The van der Waals surface area contributed by atoms with Gasteiger partial charge in [0.15, 0.2) is 11.2 Å². The maximum atomic E-state index is 11.2. The molecule has 0 bridgehead atoms. The third kappa shape index (κ3) is 1.73. The van der Waals surface area contributed by atoms with Crippen LogP contribution in [0.5, 0.6) is 0 Å². The lowest BCUT2D eigenvalue weighted by atomic mass is 10.1. The van der Waals surface area contributed by atoms with Gasteiger partial charge in [-0.15, -0.1) is 0 Å². The SMILES string of the molecule is Nc1c(-c2ccc3[nH]c(=O)oc3c2)nc2c(Cl)cccn12. The molecule has 0 aliphatic rings. The number of nitrogens with zero attached hydrogens (tertiary/aromatic N) is 2. The summed E-state index contributed by atoms with van der Waals surface area (Å²) in [6.07, 6.45) is 1.79. The lowest BCUT2D eigenvalue weighted by Crippen LogP contribution is -1.93. The van der Waals surface area contributed by atoms with Gasteiger partial charge in [0.25, 0.3) is 0 Å². The summed E-state index contributed by atoms with van der Waals surface area (Å²) < 4.78 is 6.77. The summed E-state index contributed by atoms with van der Waals surface area (Å²) in [7, 11) is 0. The van der Waals surface area contributed by atoms with Crippen LogP contribution in [0.1, 0.15) is 0 Å². The van der Waals surface area contributed by atoms with Gasteiger partial charge in [-0.3, -0.25) is 9.38 Å². The smallest absolute Gasteiger partial charge is 0.408 e. The lowest BCUT2D eigenvalue weighted by Gasteiger charge is -1.99. The Labute approximate surface area is 122 Å². The van der Waals surface area contributed by atoms with Gasteiger partial charge >= 0.3 is 5.76 Å². The Balaban J connectivity index is 2.01. The average Bonchev–Trinajstić information content (AvgIpc) is 2.99. The number of nitrogens with one attached hydrogen (secondary N) is 1. The second kappa shape index (κ2) is 4.13. The quantitative estimate of drug-likeness (QED) is 0.565. The Bertz CT molecular complexity index is 1040. The van der Waals surface area contributed by atoms with Crippen LogP contribution in [0.2, 0.25) is 5.02 Å². The first-order chi connectivity index (χ1) is 10.1. The number of aromatic nitrogens is 3. The van der Waals surface area contributed by atoms with E-state index >= 15 is 0 Å². The molecule has 21 heavy (non-hydrogen) atoms.